The molecule has 0 aliphatic rings. The first-order valence-corrected chi connectivity index (χ1v) is 3.96. The molecule has 0 saturated carbocycles. The first kappa shape index (κ1) is 7.93. The fourth-order valence-electron chi connectivity index (χ4n) is 1.15. The number of aromatic nitrogens is 4. The summed E-state index contributed by atoms with van der Waals surface area (Å²) in [5, 5.41) is 0. The van der Waals surface area contributed by atoms with E-state index in [1.54, 1.807) is 0 Å². The Morgan fingerprint density at radius 3 is 2.92 bits per heavy atom. The summed E-state index contributed by atoms with van der Waals surface area (Å²) in [6, 6.07) is 0. The smallest absolute Gasteiger partial charge is 0.183 e. The number of nitrogens with one attached hydrogen (secondary N) is 1. The maximum absolute atomic E-state index is 5.61. The van der Waals surface area contributed by atoms with Crippen LogP contribution < -0.4 is 11.5 Å². The van der Waals surface area contributed by atoms with E-state index in [0.29, 0.717) is 29.9 Å². The number of hydrogen-bond donors (Lipinski definition) is 3. The van der Waals surface area contributed by atoms with Gasteiger partial charge in [-0.2, -0.15) is 0 Å². The highest BCUT2D eigenvalue weighted by atomic mass is 15.0. The van der Waals surface area contributed by atoms with E-state index < -0.39 is 0 Å². The molecule has 0 atom stereocenters. The van der Waals surface area contributed by atoms with E-state index in [-0.39, 0.29) is 0 Å². The Morgan fingerprint density at radius 1 is 1.38 bits per heavy atom. The van der Waals surface area contributed by atoms with Crippen LogP contribution in [0.4, 0.5) is 5.82 Å². The lowest BCUT2D eigenvalue weighted by molar-refractivity contribution is 0.899. The fourth-order valence-corrected chi connectivity index (χ4v) is 1.15. The van der Waals surface area contributed by atoms with E-state index in [0.717, 1.165) is 5.82 Å². The number of hydrogen-bond acceptors (Lipinski definition) is 5. The van der Waals surface area contributed by atoms with Crippen molar-refractivity contribution in [3.63, 3.8) is 0 Å². The molecule has 6 heteroatoms. The van der Waals surface area contributed by atoms with E-state index >= 15 is 0 Å². The zero-order chi connectivity index (χ0) is 9.26. The summed E-state index contributed by atoms with van der Waals surface area (Å²) in [7, 11) is 0. The van der Waals surface area contributed by atoms with Crippen LogP contribution in [0.15, 0.2) is 6.33 Å². The van der Waals surface area contributed by atoms with Crippen LogP contribution in [-0.2, 0) is 6.42 Å². The largest absolute Gasteiger partial charge is 0.382 e. The number of fused-ring (bicyclic) bond motifs is 1. The summed E-state index contributed by atoms with van der Waals surface area (Å²) in [6.07, 6.45) is 2.08. The summed E-state index contributed by atoms with van der Waals surface area (Å²) in [4.78, 5) is 15.0. The van der Waals surface area contributed by atoms with Gasteiger partial charge >= 0.3 is 0 Å². The van der Waals surface area contributed by atoms with Gasteiger partial charge in [0.25, 0.3) is 0 Å². The minimum absolute atomic E-state index is 0.417. The van der Waals surface area contributed by atoms with Crippen molar-refractivity contribution >= 4 is 17.0 Å². The van der Waals surface area contributed by atoms with Crippen LogP contribution >= 0.6 is 0 Å². The van der Waals surface area contributed by atoms with Crippen LogP contribution in [0.25, 0.3) is 11.2 Å². The molecule has 0 aliphatic heterocycles. The third-order valence-electron chi connectivity index (χ3n) is 1.75. The number of anilines is 1. The first-order chi connectivity index (χ1) is 6.31. The molecular formula is C7H10N6. The van der Waals surface area contributed by atoms with Crippen molar-refractivity contribution in [1.82, 2.24) is 19.9 Å². The zero-order valence-electron chi connectivity index (χ0n) is 6.99. The number of H-pyrrole nitrogens is 1. The Morgan fingerprint density at radius 2 is 2.23 bits per heavy atom. The van der Waals surface area contributed by atoms with Crippen LogP contribution in [0.5, 0.6) is 0 Å². The minimum Gasteiger partial charge on any atom is -0.382 e. The molecule has 2 heterocycles. The second-order valence-electron chi connectivity index (χ2n) is 2.68. The quantitative estimate of drug-likeness (QED) is 0.571. The average molecular weight is 178 g/mol. The van der Waals surface area contributed by atoms with Gasteiger partial charge in [-0.1, -0.05) is 0 Å². The van der Waals surface area contributed by atoms with Gasteiger partial charge in [0.15, 0.2) is 11.5 Å². The molecule has 0 aliphatic carbocycles. The number of nitrogens with zero attached hydrogens (tertiary/aromatic N) is 3. The standard InChI is InChI=1S/C7H10N6/c8-2-1-4-12-5-6(9)10-3-11-7(5)13-4/h3H,1-2,8H2,(H3,9,10,11,12,13). The van der Waals surface area contributed by atoms with Gasteiger partial charge < -0.3 is 16.5 Å². The lowest BCUT2D eigenvalue weighted by Crippen LogP contribution is -2.03. The first-order valence-electron chi connectivity index (χ1n) is 3.96. The highest BCUT2D eigenvalue weighted by Gasteiger charge is 2.05. The highest BCUT2D eigenvalue weighted by molar-refractivity contribution is 5.80. The predicted molar refractivity (Wildman–Crippen MR) is 48.9 cm³/mol. The molecule has 0 unspecified atom stereocenters. The third-order valence-corrected chi connectivity index (χ3v) is 1.75. The summed E-state index contributed by atoms with van der Waals surface area (Å²) in [6.45, 7) is 0.549. The van der Waals surface area contributed by atoms with Crippen molar-refractivity contribution < 1.29 is 0 Å². The van der Waals surface area contributed by atoms with Crippen LogP contribution in [0.1, 0.15) is 5.82 Å². The predicted octanol–water partition coefficient (Wildman–Crippen LogP) is -0.564. The number of imidazole rings is 1. The number of nitrogens with two attached hydrogens (primary N) is 2. The van der Waals surface area contributed by atoms with Gasteiger partial charge in [-0.05, 0) is 6.54 Å². The molecule has 5 N–H and O–H groups in total. The molecule has 0 radical (unpaired) electrons. The minimum atomic E-state index is 0.417. The van der Waals surface area contributed by atoms with Crippen molar-refractivity contribution in [1.29, 1.82) is 0 Å². The molecule has 0 amide bonds. The summed E-state index contributed by atoms with van der Waals surface area (Å²) in [5.41, 5.74) is 12.3. The van der Waals surface area contributed by atoms with Gasteiger partial charge in [-0.3, -0.25) is 0 Å². The highest BCUT2D eigenvalue weighted by Crippen LogP contribution is 2.12. The van der Waals surface area contributed by atoms with E-state index in [4.69, 9.17) is 11.5 Å². The summed E-state index contributed by atoms with van der Waals surface area (Å²) >= 11 is 0. The van der Waals surface area contributed by atoms with Gasteiger partial charge in [0.1, 0.15) is 17.7 Å². The Balaban J connectivity index is 2.55. The molecule has 13 heavy (non-hydrogen) atoms. The SMILES string of the molecule is NCCc1nc2ncnc(N)c2[nH]1. The Bertz CT molecular complexity index is 420. The second-order valence-corrected chi connectivity index (χ2v) is 2.68. The van der Waals surface area contributed by atoms with Crippen LogP contribution in [-0.4, -0.2) is 26.5 Å². The maximum Gasteiger partial charge on any atom is 0.183 e. The average Bonchev–Trinajstić information content (AvgIpc) is 2.49. The monoisotopic (exact) mass is 178 g/mol. The molecule has 2 aromatic rings. The van der Waals surface area contributed by atoms with E-state index in [1.165, 1.54) is 6.33 Å². The fraction of sp³-hybridized carbons (Fsp3) is 0.286. The van der Waals surface area contributed by atoms with Crippen LogP contribution in [0.2, 0.25) is 0 Å². The Labute approximate surface area is 74.4 Å². The van der Waals surface area contributed by atoms with Crippen LogP contribution in [0, 0.1) is 0 Å². The molecular weight excluding hydrogens is 168 g/mol. The molecule has 6 nitrogen and oxygen atoms in total. The van der Waals surface area contributed by atoms with E-state index in [2.05, 4.69) is 19.9 Å². The number of aromatic amines is 1. The van der Waals surface area contributed by atoms with Gasteiger partial charge in [0, 0.05) is 6.42 Å². The van der Waals surface area contributed by atoms with Crippen molar-refractivity contribution in [2.75, 3.05) is 12.3 Å². The second kappa shape index (κ2) is 2.98. The molecule has 2 aromatic heterocycles. The van der Waals surface area contributed by atoms with Crippen molar-refractivity contribution in [3.8, 4) is 0 Å². The van der Waals surface area contributed by atoms with Crippen LogP contribution in [0.3, 0.4) is 0 Å². The lowest BCUT2D eigenvalue weighted by atomic mass is 10.4. The molecule has 2 rings (SSSR count). The van der Waals surface area contributed by atoms with Gasteiger partial charge in [0.05, 0.1) is 0 Å². The molecule has 0 fully saturated rings. The third kappa shape index (κ3) is 1.31. The zero-order valence-corrected chi connectivity index (χ0v) is 6.99. The van der Waals surface area contributed by atoms with E-state index in [1.807, 2.05) is 0 Å². The van der Waals surface area contributed by atoms with Gasteiger partial charge in [-0.15, -0.1) is 0 Å². The molecule has 0 spiro atoms. The Kier molecular flexibility index (Phi) is 1.82. The van der Waals surface area contributed by atoms with Gasteiger partial charge in [0.2, 0.25) is 0 Å². The Hall–Kier alpha value is -1.69. The molecule has 68 valence electrons. The number of nitrogen functional groups attached to an aromatic ring is 1. The molecule has 0 bridgehead atoms. The van der Waals surface area contributed by atoms with Crippen molar-refractivity contribution in [3.05, 3.63) is 12.2 Å². The molecule has 0 aromatic carbocycles. The normalized spacial score (nSPS) is 10.8. The van der Waals surface area contributed by atoms with Crippen molar-refractivity contribution in [2.45, 2.75) is 6.42 Å². The van der Waals surface area contributed by atoms with Crippen molar-refractivity contribution in [2.24, 2.45) is 5.73 Å². The molecule has 0 saturated heterocycles. The van der Waals surface area contributed by atoms with E-state index in [9.17, 15) is 0 Å². The lowest BCUT2D eigenvalue weighted by Gasteiger charge is -1.90. The summed E-state index contributed by atoms with van der Waals surface area (Å²) < 4.78 is 0. The van der Waals surface area contributed by atoms with Gasteiger partial charge in [-0.25, -0.2) is 15.0 Å². The number of rotatable bonds is 2. The summed E-state index contributed by atoms with van der Waals surface area (Å²) in [5.74, 6) is 1.21. The topological polar surface area (TPSA) is 106 Å². The maximum atomic E-state index is 5.61.